The van der Waals surface area contributed by atoms with E-state index in [9.17, 15) is 0 Å². The predicted molar refractivity (Wildman–Crippen MR) is 90.4 cm³/mol. The molecule has 1 rings (SSSR count). The highest BCUT2D eigenvalue weighted by molar-refractivity contribution is 9.11. The summed E-state index contributed by atoms with van der Waals surface area (Å²) >= 11 is 7.13. The summed E-state index contributed by atoms with van der Waals surface area (Å²) in [5.74, 6) is 0.861. The van der Waals surface area contributed by atoms with Gasteiger partial charge < -0.3 is 14.8 Å². The lowest BCUT2D eigenvalue weighted by Gasteiger charge is -2.15. The summed E-state index contributed by atoms with van der Waals surface area (Å²) in [5.41, 5.74) is 1.22. The molecule has 0 atom stereocenters. The second-order valence-corrected chi connectivity index (χ2v) is 6.49. The summed E-state index contributed by atoms with van der Waals surface area (Å²) < 4.78 is 13.0. The Morgan fingerprint density at radius 3 is 2.40 bits per heavy atom. The summed E-state index contributed by atoms with van der Waals surface area (Å²) in [6, 6.07) is 4.19. The normalized spacial score (nSPS) is 11.1. The largest absolute Gasteiger partial charge is 0.489 e. The van der Waals surface area contributed by atoms with Crippen LogP contribution in [0.5, 0.6) is 5.75 Å². The monoisotopic (exact) mass is 407 g/mol. The van der Waals surface area contributed by atoms with Crippen LogP contribution in [0.3, 0.4) is 0 Å². The van der Waals surface area contributed by atoms with E-state index >= 15 is 0 Å². The molecule has 0 spiro atoms. The van der Waals surface area contributed by atoms with E-state index in [-0.39, 0.29) is 6.10 Å². The Labute approximate surface area is 138 Å². The third-order valence-electron chi connectivity index (χ3n) is 2.59. The van der Waals surface area contributed by atoms with Crippen LogP contribution in [0.15, 0.2) is 21.1 Å². The van der Waals surface area contributed by atoms with Crippen molar-refractivity contribution in [3.05, 3.63) is 26.6 Å². The van der Waals surface area contributed by atoms with Crippen LogP contribution in [0.4, 0.5) is 0 Å². The van der Waals surface area contributed by atoms with Gasteiger partial charge in [-0.1, -0.05) is 0 Å². The molecule has 114 valence electrons. The minimum atomic E-state index is 0.158. The Bertz CT molecular complexity index is 388. The van der Waals surface area contributed by atoms with Crippen molar-refractivity contribution in [3.63, 3.8) is 0 Å². The summed E-state index contributed by atoms with van der Waals surface area (Å²) in [5, 5.41) is 3.41. The topological polar surface area (TPSA) is 30.5 Å². The van der Waals surface area contributed by atoms with Gasteiger partial charge in [0.1, 0.15) is 5.75 Å². The Kier molecular flexibility index (Phi) is 8.77. The van der Waals surface area contributed by atoms with E-state index in [1.165, 1.54) is 5.56 Å². The van der Waals surface area contributed by atoms with E-state index in [1.54, 1.807) is 0 Å². The molecule has 0 amide bonds. The highest BCUT2D eigenvalue weighted by Gasteiger charge is 2.10. The molecule has 0 bridgehead atoms. The maximum Gasteiger partial charge on any atom is 0.148 e. The molecule has 1 aromatic carbocycles. The van der Waals surface area contributed by atoms with E-state index in [0.717, 1.165) is 47.4 Å². The molecule has 1 aromatic rings. The highest BCUT2D eigenvalue weighted by atomic mass is 79.9. The predicted octanol–water partition coefficient (Wildman–Crippen LogP) is 4.52. The van der Waals surface area contributed by atoms with Crippen LogP contribution >= 0.6 is 31.9 Å². The lowest BCUT2D eigenvalue weighted by atomic mass is 10.2. The zero-order chi connectivity index (χ0) is 15.0. The van der Waals surface area contributed by atoms with Gasteiger partial charge in [0.25, 0.3) is 0 Å². The van der Waals surface area contributed by atoms with Crippen molar-refractivity contribution in [3.8, 4) is 5.75 Å². The van der Waals surface area contributed by atoms with Crippen LogP contribution in [0.25, 0.3) is 0 Å². The third kappa shape index (κ3) is 6.57. The van der Waals surface area contributed by atoms with Crippen molar-refractivity contribution >= 4 is 31.9 Å². The highest BCUT2D eigenvalue weighted by Crippen LogP contribution is 2.35. The Hall–Kier alpha value is -0.100. The van der Waals surface area contributed by atoms with Crippen LogP contribution in [0.2, 0.25) is 0 Å². The van der Waals surface area contributed by atoms with Crippen molar-refractivity contribution in [1.82, 2.24) is 5.32 Å². The van der Waals surface area contributed by atoms with E-state index in [1.807, 2.05) is 20.8 Å². The van der Waals surface area contributed by atoms with Crippen LogP contribution in [0, 0.1) is 0 Å². The molecule has 20 heavy (non-hydrogen) atoms. The number of benzene rings is 1. The van der Waals surface area contributed by atoms with Gasteiger partial charge in [0.05, 0.1) is 15.0 Å². The Morgan fingerprint density at radius 1 is 1.20 bits per heavy atom. The Balaban J connectivity index is 2.47. The van der Waals surface area contributed by atoms with Gasteiger partial charge in [-0.3, -0.25) is 0 Å². The van der Waals surface area contributed by atoms with E-state index in [0.29, 0.717) is 0 Å². The minimum Gasteiger partial charge on any atom is -0.489 e. The molecular weight excluding hydrogens is 386 g/mol. The maximum absolute atomic E-state index is 5.77. The molecule has 0 aromatic heterocycles. The van der Waals surface area contributed by atoms with Crippen molar-refractivity contribution in [2.45, 2.75) is 39.8 Å². The van der Waals surface area contributed by atoms with Gasteiger partial charge in [-0.05, 0) is 83.3 Å². The van der Waals surface area contributed by atoms with Crippen LogP contribution in [-0.2, 0) is 11.3 Å². The van der Waals surface area contributed by atoms with Crippen molar-refractivity contribution in [1.29, 1.82) is 0 Å². The Morgan fingerprint density at radius 2 is 1.85 bits per heavy atom. The standard InChI is InChI=1S/C15H23Br2NO2/c1-4-19-7-5-6-18-10-12-8-13(16)15(14(17)9-12)20-11(2)3/h8-9,11,18H,4-7,10H2,1-3H3. The number of ether oxygens (including phenoxy) is 2. The summed E-state index contributed by atoms with van der Waals surface area (Å²) in [7, 11) is 0. The lowest BCUT2D eigenvalue weighted by molar-refractivity contribution is 0.144. The molecule has 1 N–H and O–H groups in total. The molecule has 0 unspecified atom stereocenters. The number of rotatable bonds is 9. The molecule has 5 heteroatoms. The van der Waals surface area contributed by atoms with Crippen LogP contribution in [-0.4, -0.2) is 25.9 Å². The van der Waals surface area contributed by atoms with Gasteiger partial charge in [0.15, 0.2) is 0 Å². The minimum absolute atomic E-state index is 0.158. The first kappa shape index (κ1) is 18.0. The zero-order valence-corrected chi connectivity index (χ0v) is 15.5. The van der Waals surface area contributed by atoms with Gasteiger partial charge in [-0.15, -0.1) is 0 Å². The molecule has 0 saturated carbocycles. The average Bonchev–Trinajstić information content (AvgIpc) is 2.38. The summed E-state index contributed by atoms with van der Waals surface area (Å²) in [4.78, 5) is 0. The fraction of sp³-hybridized carbons (Fsp3) is 0.600. The molecular formula is C15H23Br2NO2. The van der Waals surface area contributed by atoms with E-state index in [4.69, 9.17) is 9.47 Å². The van der Waals surface area contributed by atoms with Gasteiger partial charge in [-0.2, -0.15) is 0 Å². The third-order valence-corrected chi connectivity index (χ3v) is 3.77. The fourth-order valence-electron chi connectivity index (χ4n) is 1.74. The van der Waals surface area contributed by atoms with Crippen molar-refractivity contribution in [2.75, 3.05) is 19.8 Å². The second-order valence-electron chi connectivity index (χ2n) is 4.78. The van der Waals surface area contributed by atoms with Gasteiger partial charge in [0.2, 0.25) is 0 Å². The van der Waals surface area contributed by atoms with Gasteiger partial charge in [-0.25, -0.2) is 0 Å². The fourth-order valence-corrected chi connectivity index (χ4v) is 3.21. The first-order chi connectivity index (χ1) is 9.54. The molecule has 3 nitrogen and oxygen atoms in total. The summed E-state index contributed by atoms with van der Waals surface area (Å²) in [6.07, 6.45) is 1.19. The number of hydrogen-bond donors (Lipinski definition) is 1. The molecule has 0 aliphatic carbocycles. The van der Waals surface area contributed by atoms with E-state index < -0.39 is 0 Å². The average molecular weight is 409 g/mol. The van der Waals surface area contributed by atoms with Crippen LogP contribution < -0.4 is 10.1 Å². The lowest BCUT2D eigenvalue weighted by Crippen LogP contribution is -2.16. The SMILES string of the molecule is CCOCCCNCc1cc(Br)c(OC(C)C)c(Br)c1. The number of hydrogen-bond acceptors (Lipinski definition) is 3. The molecule has 0 radical (unpaired) electrons. The molecule has 0 heterocycles. The number of nitrogens with one attached hydrogen (secondary N) is 1. The number of halogens is 2. The first-order valence-corrected chi connectivity index (χ1v) is 8.56. The first-order valence-electron chi connectivity index (χ1n) is 6.97. The summed E-state index contributed by atoms with van der Waals surface area (Å²) in [6.45, 7) is 9.46. The molecule has 0 aliphatic heterocycles. The smallest absolute Gasteiger partial charge is 0.148 e. The zero-order valence-electron chi connectivity index (χ0n) is 12.3. The van der Waals surface area contributed by atoms with Crippen molar-refractivity contribution < 1.29 is 9.47 Å². The van der Waals surface area contributed by atoms with E-state index in [2.05, 4.69) is 49.3 Å². The second kappa shape index (κ2) is 9.77. The van der Waals surface area contributed by atoms with Crippen LogP contribution in [0.1, 0.15) is 32.8 Å². The molecule has 0 aliphatic rings. The van der Waals surface area contributed by atoms with Crippen molar-refractivity contribution in [2.24, 2.45) is 0 Å². The quantitative estimate of drug-likeness (QED) is 0.609. The molecule has 0 fully saturated rings. The maximum atomic E-state index is 5.77. The van der Waals surface area contributed by atoms with Gasteiger partial charge >= 0.3 is 0 Å². The van der Waals surface area contributed by atoms with Gasteiger partial charge in [0, 0.05) is 19.8 Å². The molecule has 0 saturated heterocycles.